The molecular formula is C46H61N3O15. The van der Waals surface area contributed by atoms with Crippen molar-refractivity contribution in [2.45, 2.75) is 92.5 Å². The zero-order chi connectivity index (χ0) is 47.4. The molecule has 5 N–H and O–H groups in total. The van der Waals surface area contributed by atoms with Gasteiger partial charge < -0.3 is 64.0 Å². The third-order valence-corrected chi connectivity index (χ3v) is 12.3. The molecule has 4 heterocycles. The molecule has 0 aromatic heterocycles. The van der Waals surface area contributed by atoms with Crippen LogP contribution in [0.3, 0.4) is 0 Å². The number of phenolic OH excluding ortho intramolecular Hbond substituents is 2. The number of piperazine rings is 1. The molecule has 18 heteroatoms. The highest BCUT2D eigenvalue weighted by molar-refractivity contribution is 6.21. The quantitative estimate of drug-likeness (QED) is 0.195. The summed E-state index contributed by atoms with van der Waals surface area (Å²) in [5, 5.41) is 48.6. The molecule has 6 rings (SSSR count). The summed E-state index contributed by atoms with van der Waals surface area (Å²) in [6.07, 6.45) is 2.95. The number of benzene rings is 2. The van der Waals surface area contributed by atoms with Gasteiger partial charge in [-0.1, -0.05) is 45.9 Å². The molecule has 0 aliphatic carbocycles. The van der Waals surface area contributed by atoms with Gasteiger partial charge in [-0.3, -0.25) is 19.2 Å². The van der Waals surface area contributed by atoms with Crippen molar-refractivity contribution in [3.8, 4) is 23.0 Å². The largest absolute Gasteiger partial charge is 0.507 e. The highest BCUT2D eigenvalue weighted by atomic mass is 16.7. The molecule has 18 nitrogen and oxygen atoms in total. The maximum Gasteiger partial charge on any atom is 0.409 e. The standard InChI is InChI=1S/C46H61N3O15/c1-11-60-45(58)49-18-16-48(17-19-49)33(51)22-61-32-21-30-40(55)35-34(32)36-42(28(7)39(35)54)64-46(9,43(36)56)62-20-15-31(59-10)25(4)41(63-29(8)50)27(6)38(53)26(5)37(52)23(2)13-12-14-24(3)44(57)47-30/h12-15,20-21,23,25-27,31,37-38,41,52-55H,11,16-19,22H2,1-10H3,(H,47,57). The van der Waals surface area contributed by atoms with E-state index in [1.165, 1.54) is 69.1 Å². The lowest BCUT2D eigenvalue weighted by Gasteiger charge is -2.38. The Kier molecular flexibility index (Phi) is 15.6. The number of aliphatic hydroxyl groups excluding tert-OH is 2. The van der Waals surface area contributed by atoms with Crippen LogP contribution in [0, 0.1) is 30.6 Å². The molecule has 5 bridgehead atoms. The van der Waals surface area contributed by atoms with Crippen molar-refractivity contribution in [2.24, 2.45) is 23.7 Å². The van der Waals surface area contributed by atoms with Gasteiger partial charge in [0, 0.05) is 93.4 Å². The number of allylic oxidation sites excluding steroid dienone is 2. The van der Waals surface area contributed by atoms with Gasteiger partial charge >= 0.3 is 17.8 Å². The number of hydrogen-bond donors (Lipinski definition) is 5. The monoisotopic (exact) mass is 895 g/mol. The number of aromatic hydroxyl groups is 2. The van der Waals surface area contributed by atoms with Crippen LogP contribution in [0.25, 0.3) is 10.8 Å². The number of rotatable bonds is 6. The lowest BCUT2D eigenvalue weighted by Crippen LogP contribution is -2.51. The van der Waals surface area contributed by atoms with Crippen molar-refractivity contribution in [1.82, 2.24) is 9.80 Å². The van der Waals surface area contributed by atoms with Crippen LogP contribution in [0.2, 0.25) is 0 Å². The normalized spacial score (nSPS) is 28.0. The molecule has 2 aromatic rings. The Hall–Kier alpha value is -5.85. The lowest BCUT2D eigenvalue weighted by molar-refractivity contribution is -0.160. The van der Waals surface area contributed by atoms with Crippen molar-refractivity contribution in [3.05, 3.63) is 53.3 Å². The topological polar surface area (TPSA) is 240 Å². The third kappa shape index (κ3) is 10.1. The minimum Gasteiger partial charge on any atom is -0.507 e. The van der Waals surface area contributed by atoms with E-state index in [0.29, 0.717) is 0 Å². The molecule has 64 heavy (non-hydrogen) atoms. The van der Waals surface area contributed by atoms with Crippen LogP contribution in [0.4, 0.5) is 10.5 Å². The summed E-state index contributed by atoms with van der Waals surface area (Å²) in [4.78, 5) is 69.4. The van der Waals surface area contributed by atoms with E-state index in [0.717, 1.165) is 0 Å². The Labute approximate surface area is 372 Å². The highest BCUT2D eigenvalue weighted by Crippen LogP contribution is 2.54. The second-order valence-electron chi connectivity index (χ2n) is 16.8. The van der Waals surface area contributed by atoms with Crippen LogP contribution in [-0.4, -0.2) is 137 Å². The van der Waals surface area contributed by atoms with E-state index in [1.807, 2.05) is 0 Å². The van der Waals surface area contributed by atoms with E-state index in [-0.39, 0.29) is 77.4 Å². The number of carbonyl (C=O) groups excluding carboxylic acids is 5. The number of amides is 3. The number of anilines is 1. The summed E-state index contributed by atoms with van der Waals surface area (Å²) in [5.41, 5.74) is -0.150. The fraction of sp³-hybridized carbons (Fsp3) is 0.543. The van der Waals surface area contributed by atoms with Crippen LogP contribution >= 0.6 is 0 Å². The van der Waals surface area contributed by atoms with Gasteiger partial charge in [0.05, 0.1) is 47.8 Å². The first kappa shape index (κ1) is 49.2. The first-order chi connectivity index (χ1) is 30.2. The summed E-state index contributed by atoms with van der Waals surface area (Å²) in [6.45, 7) is 14.6. The lowest BCUT2D eigenvalue weighted by atomic mass is 9.78. The van der Waals surface area contributed by atoms with E-state index in [2.05, 4.69) is 5.32 Å². The number of Topliss-reactive ketones (excluding diaryl/α,β-unsaturated/α-hetero) is 1. The van der Waals surface area contributed by atoms with Crippen LogP contribution in [0.5, 0.6) is 23.0 Å². The highest BCUT2D eigenvalue weighted by Gasteiger charge is 2.50. The van der Waals surface area contributed by atoms with E-state index < -0.39 is 102 Å². The molecule has 1 saturated heterocycles. The molecular weight excluding hydrogens is 835 g/mol. The summed E-state index contributed by atoms with van der Waals surface area (Å²) < 4.78 is 34.9. The van der Waals surface area contributed by atoms with Crippen molar-refractivity contribution in [2.75, 3.05) is 51.8 Å². The number of methoxy groups -OCH3 is 1. The molecule has 350 valence electrons. The van der Waals surface area contributed by atoms with Gasteiger partial charge in [0.15, 0.2) is 12.4 Å². The van der Waals surface area contributed by atoms with Gasteiger partial charge in [-0.15, -0.1) is 0 Å². The van der Waals surface area contributed by atoms with E-state index in [9.17, 15) is 44.4 Å². The van der Waals surface area contributed by atoms with Gasteiger partial charge in [0.2, 0.25) is 0 Å². The second kappa shape index (κ2) is 20.3. The molecule has 0 radical (unpaired) electrons. The first-order valence-corrected chi connectivity index (χ1v) is 21.3. The number of aliphatic hydroxyl groups is 2. The maximum absolute atomic E-state index is 14.6. The summed E-state index contributed by atoms with van der Waals surface area (Å²) in [7, 11) is 1.43. The minimum absolute atomic E-state index is 0.0462. The smallest absolute Gasteiger partial charge is 0.409 e. The Morgan fingerprint density at radius 3 is 2.20 bits per heavy atom. The molecule has 1 fully saturated rings. The van der Waals surface area contributed by atoms with Gasteiger partial charge in [0.25, 0.3) is 17.6 Å². The minimum atomic E-state index is -2.07. The Bertz CT molecular complexity index is 2210. The van der Waals surface area contributed by atoms with Crippen molar-refractivity contribution < 1.29 is 72.8 Å². The van der Waals surface area contributed by atoms with Crippen LogP contribution < -0.4 is 14.8 Å². The van der Waals surface area contributed by atoms with E-state index in [1.54, 1.807) is 46.8 Å². The number of ether oxygens (including phenoxy) is 6. The third-order valence-electron chi connectivity index (χ3n) is 12.3. The predicted octanol–water partition coefficient (Wildman–Crippen LogP) is 4.73. The zero-order valence-corrected chi connectivity index (χ0v) is 38.0. The fourth-order valence-corrected chi connectivity index (χ4v) is 8.33. The van der Waals surface area contributed by atoms with Crippen molar-refractivity contribution in [3.63, 3.8) is 0 Å². The Morgan fingerprint density at radius 1 is 0.922 bits per heavy atom. The number of ketones is 1. The molecule has 2 aromatic carbocycles. The predicted molar refractivity (Wildman–Crippen MR) is 233 cm³/mol. The fourth-order valence-electron chi connectivity index (χ4n) is 8.33. The van der Waals surface area contributed by atoms with E-state index in [4.69, 9.17) is 28.4 Å². The van der Waals surface area contributed by atoms with Crippen molar-refractivity contribution in [1.29, 1.82) is 0 Å². The number of esters is 1. The molecule has 9 unspecified atom stereocenters. The average Bonchev–Trinajstić information content (AvgIpc) is 3.53. The molecule has 4 aliphatic heterocycles. The van der Waals surface area contributed by atoms with Gasteiger partial charge in [0.1, 0.15) is 23.4 Å². The second-order valence-corrected chi connectivity index (χ2v) is 16.8. The maximum atomic E-state index is 14.6. The van der Waals surface area contributed by atoms with Crippen LogP contribution in [0.1, 0.15) is 71.3 Å². The summed E-state index contributed by atoms with van der Waals surface area (Å²) in [6, 6.07) is 1.23. The summed E-state index contributed by atoms with van der Waals surface area (Å²) in [5.74, 6) is -8.49. The number of carbonyl (C=O) groups is 5. The zero-order valence-electron chi connectivity index (χ0n) is 38.0. The number of nitrogens with one attached hydrogen (secondary N) is 1. The van der Waals surface area contributed by atoms with Gasteiger partial charge in [-0.05, 0) is 26.8 Å². The molecule has 9 atom stereocenters. The molecule has 4 aliphatic rings. The number of phenols is 2. The Balaban J connectivity index is 1.61. The number of nitrogens with zero attached hydrogens (tertiary/aromatic N) is 2. The van der Waals surface area contributed by atoms with Gasteiger partial charge in [-0.25, -0.2) is 4.79 Å². The SMILES string of the molecule is CCOC(=O)N1CCN(C(=O)COc2cc3c(O)c4c(O)c(C)c5c(c24)C(=O)C(C)(OC=CC(OC)C(C)C(OC(C)=O)C(C)C(O)C(C)C(O)C(C)C=CC=C(C)C(=O)N3)O5)CC1. The van der Waals surface area contributed by atoms with Crippen LogP contribution in [0.15, 0.2) is 42.2 Å². The molecule has 0 saturated carbocycles. The van der Waals surface area contributed by atoms with Crippen molar-refractivity contribution >= 4 is 46.1 Å². The molecule has 3 amide bonds. The summed E-state index contributed by atoms with van der Waals surface area (Å²) >= 11 is 0. The van der Waals surface area contributed by atoms with Crippen LogP contribution in [-0.2, 0) is 33.3 Å². The Morgan fingerprint density at radius 2 is 1.58 bits per heavy atom. The number of hydrogen-bond acceptors (Lipinski definition) is 15. The first-order valence-electron chi connectivity index (χ1n) is 21.3. The average molecular weight is 896 g/mol. The molecule has 0 spiro atoms. The van der Waals surface area contributed by atoms with Gasteiger partial charge in [-0.2, -0.15) is 0 Å². The van der Waals surface area contributed by atoms with E-state index >= 15 is 0 Å². The number of fused-ring (bicyclic) bond motifs is 14.